The number of rotatable bonds is 6. The van der Waals surface area contributed by atoms with Gasteiger partial charge in [-0.3, -0.25) is 4.79 Å². The van der Waals surface area contributed by atoms with E-state index in [0.717, 1.165) is 42.3 Å². The number of amides is 1. The highest BCUT2D eigenvalue weighted by atomic mass is 16.5. The van der Waals surface area contributed by atoms with E-state index in [9.17, 15) is 4.79 Å². The Morgan fingerprint density at radius 2 is 2.17 bits per heavy atom. The first-order valence-corrected chi connectivity index (χ1v) is 8.07. The molecular weight excluding hydrogens is 292 g/mol. The molecule has 6 nitrogen and oxygen atoms in total. The van der Waals surface area contributed by atoms with E-state index >= 15 is 0 Å². The van der Waals surface area contributed by atoms with Gasteiger partial charge in [0.15, 0.2) is 5.82 Å². The third kappa shape index (κ3) is 3.70. The van der Waals surface area contributed by atoms with Crippen molar-refractivity contribution in [3.05, 3.63) is 41.5 Å². The highest BCUT2D eigenvalue weighted by molar-refractivity contribution is 5.76. The van der Waals surface area contributed by atoms with Gasteiger partial charge in [-0.25, -0.2) is 0 Å². The van der Waals surface area contributed by atoms with Crippen LogP contribution in [-0.4, -0.2) is 27.8 Å². The quantitative estimate of drug-likeness (QED) is 0.884. The van der Waals surface area contributed by atoms with Gasteiger partial charge in [-0.15, -0.1) is 10.2 Å². The third-order valence-electron chi connectivity index (χ3n) is 4.19. The van der Waals surface area contributed by atoms with Crippen molar-refractivity contribution in [1.29, 1.82) is 0 Å². The number of nitrogens with one attached hydrogen (secondary N) is 1. The lowest BCUT2D eigenvalue weighted by Gasteiger charge is -2.15. The number of hydrogen-bond donors (Lipinski definition) is 1. The first kappa shape index (κ1) is 15.5. The summed E-state index contributed by atoms with van der Waals surface area (Å²) in [6.07, 6.45) is 4.40. The van der Waals surface area contributed by atoms with E-state index in [-0.39, 0.29) is 5.91 Å². The Labute approximate surface area is 135 Å². The Bertz CT molecular complexity index is 681. The molecule has 0 aliphatic carbocycles. The van der Waals surface area contributed by atoms with Gasteiger partial charge in [0.1, 0.15) is 11.6 Å². The summed E-state index contributed by atoms with van der Waals surface area (Å²) in [6.45, 7) is 1.40. The molecule has 1 aliphatic rings. The fourth-order valence-corrected chi connectivity index (χ4v) is 2.92. The molecule has 122 valence electrons. The number of nitrogens with zero attached hydrogens (tertiary/aromatic N) is 3. The number of methoxy groups -OCH3 is 1. The fraction of sp³-hybridized carbons (Fsp3) is 0.471. The summed E-state index contributed by atoms with van der Waals surface area (Å²) < 4.78 is 7.43. The Morgan fingerprint density at radius 1 is 1.30 bits per heavy atom. The Kier molecular flexibility index (Phi) is 4.90. The molecule has 2 heterocycles. The summed E-state index contributed by atoms with van der Waals surface area (Å²) in [5.41, 5.74) is 1.05. The standard InChI is InChI=1S/C17H22N4O2/c1-23-14-7-3-2-6-13(14)9-10-17(22)18-12-16-20-19-15-8-4-5-11-21(15)16/h2-3,6-7H,4-5,8-12H2,1H3,(H,18,22). The number of hydrogen-bond acceptors (Lipinski definition) is 4. The zero-order chi connectivity index (χ0) is 16.1. The molecule has 3 rings (SSSR count). The minimum absolute atomic E-state index is 0.0177. The molecule has 0 bridgehead atoms. The van der Waals surface area contributed by atoms with Gasteiger partial charge in [0.2, 0.25) is 5.91 Å². The Balaban J connectivity index is 1.51. The molecule has 1 N–H and O–H groups in total. The predicted octanol–water partition coefficient (Wildman–Crippen LogP) is 1.87. The summed E-state index contributed by atoms with van der Waals surface area (Å²) >= 11 is 0. The van der Waals surface area contributed by atoms with Gasteiger partial charge in [0, 0.05) is 19.4 Å². The molecule has 23 heavy (non-hydrogen) atoms. The van der Waals surface area contributed by atoms with Gasteiger partial charge in [-0.2, -0.15) is 0 Å². The van der Waals surface area contributed by atoms with Crippen LogP contribution in [0.2, 0.25) is 0 Å². The van der Waals surface area contributed by atoms with Crippen molar-refractivity contribution in [3.63, 3.8) is 0 Å². The zero-order valence-electron chi connectivity index (χ0n) is 13.4. The molecule has 1 aromatic carbocycles. The first-order valence-electron chi connectivity index (χ1n) is 8.07. The van der Waals surface area contributed by atoms with E-state index < -0.39 is 0 Å². The number of aryl methyl sites for hydroxylation is 2. The fourth-order valence-electron chi connectivity index (χ4n) is 2.92. The summed E-state index contributed by atoms with van der Waals surface area (Å²) in [4.78, 5) is 12.1. The average Bonchev–Trinajstić information content (AvgIpc) is 3.01. The van der Waals surface area contributed by atoms with Crippen LogP contribution in [0, 0.1) is 0 Å². The highest BCUT2D eigenvalue weighted by Gasteiger charge is 2.16. The molecule has 0 radical (unpaired) electrons. The first-order chi connectivity index (χ1) is 11.3. The number of fused-ring (bicyclic) bond motifs is 1. The molecule has 6 heteroatoms. The number of para-hydroxylation sites is 1. The van der Waals surface area contributed by atoms with E-state index in [1.807, 2.05) is 24.3 Å². The van der Waals surface area contributed by atoms with Gasteiger partial charge in [0.25, 0.3) is 0 Å². The van der Waals surface area contributed by atoms with Crippen molar-refractivity contribution < 1.29 is 9.53 Å². The summed E-state index contributed by atoms with van der Waals surface area (Å²) in [5.74, 6) is 2.73. The number of carbonyl (C=O) groups is 1. The number of carbonyl (C=O) groups excluding carboxylic acids is 1. The lowest BCUT2D eigenvalue weighted by Crippen LogP contribution is -2.25. The van der Waals surface area contributed by atoms with Gasteiger partial charge in [-0.1, -0.05) is 18.2 Å². The Morgan fingerprint density at radius 3 is 3.04 bits per heavy atom. The maximum atomic E-state index is 12.1. The van der Waals surface area contributed by atoms with Crippen LogP contribution in [0.3, 0.4) is 0 Å². The summed E-state index contributed by atoms with van der Waals surface area (Å²) in [5, 5.41) is 11.3. The normalized spacial score (nSPS) is 13.4. The molecule has 0 unspecified atom stereocenters. The van der Waals surface area contributed by atoms with Crippen LogP contribution in [0.4, 0.5) is 0 Å². The van der Waals surface area contributed by atoms with E-state index in [0.29, 0.717) is 19.4 Å². The van der Waals surface area contributed by atoms with Crippen LogP contribution in [0.1, 0.15) is 36.5 Å². The summed E-state index contributed by atoms with van der Waals surface area (Å²) in [6, 6.07) is 7.78. The van der Waals surface area contributed by atoms with Gasteiger partial charge in [-0.05, 0) is 30.9 Å². The topological polar surface area (TPSA) is 69.0 Å². The van der Waals surface area contributed by atoms with Crippen molar-refractivity contribution in [2.75, 3.05) is 7.11 Å². The van der Waals surface area contributed by atoms with Crippen LogP contribution in [-0.2, 0) is 30.7 Å². The van der Waals surface area contributed by atoms with Crippen LogP contribution < -0.4 is 10.1 Å². The second kappa shape index (κ2) is 7.26. The second-order valence-electron chi connectivity index (χ2n) is 5.73. The van der Waals surface area contributed by atoms with E-state index in [1.54, 1.807) is 7.11 Å². The molecule has 0 atom stereocenters. The van der Waals surface area contributed by atoms with Gasteiger partial charge < -0.3 is 14.6 Å². The maximum absolute atomic E-state index is 12.1. The maximum Gasteiger partial charge on any atom is 0.220 e. The Hall–Kier alpha value is -2.37. The van der Waals surface area contributed by atoms with Crippen LogP contribution in [0.25, 0.3) is 0 Å². The molecule has 2 aromatic rings. The van der Waals surface area contributed by atoms with Crippen LogP contribution in [0.5, 0.6) is 5.75 Å². The molecule has 0 saturated carbocycles. The number of benzene rings is 1. The van der Waals surface area contributed by atoms with Gasteiger partial charge >= 0.3 is 0 Å². The third-order valence-corrected chi connectivity index (χ3v) is 4.19. The van der Waals surface area contributed by atoms with Crippen molar-refractivity contribution in [2.45, 2.75) is 45.2 Å². The lowest BCUT2D eigenvalue weighted by atomic mass is 10.1. The van der Waals surface area contributed by atoms with Crippen LogP contribution in [0.15, 0.2) is 24.3 Å². The smallest absolute Gasteiger partial charge is 0.220 e. The number of aromatic nitrogens is 3. The molecule has 0 fully saturated rings. The van der Waals surface area contributed by atoms with Crippen LogP contribution >= 0.6 is 0 Å². The number of ether oxygens (including phenoxy) is 1. The van der Waals surface area contributed by atoms with E-state index in [2.05, 4.69) is 20.1 Å². The lowest BCUT2D eigenvalue weighted by molar-refractivity contribution is -0.121. The zero-order valence-corrected chi connectivity index (χ0v) is 13.4. The molecule has 0 spiro atoms. The summed E-state index contributed by atoms with van der Waals surface area (Å²) in [7, 11) is 1.65. The molecule has 0 saturated heterocycles. The SMILES string of the molecule is COc1ccccc1CCC(=O)NCc1nnc2n1CCCC2. The second-order valence-corrected chi connectivity index (χ2v) is 5.73. The monoisotopic (exact) mass is 314 g/mol. The van der Waals surface area contributed by atoms with Crippen molar-refractivity contribution in [2.24, 2.45) is 0 Å². The van der Waals surface area contributed by atoms with Crippen molar-refractivity contribution >= 4 is 5.91 Å². The molecule has 1 aromatic heterocycles. The molecular formula is C17H22N4O2. The largest absolute Gasteiger partial charge is 0.496 e. The minimum atomic E-state index is 0.0177. The van der Waals surface area contributed by atoms with Crippen molar-refractivity contribution in [3.8, 4) is 5.75 Å². The molecule has 1 aliphatic heterocycles. The van der Waals surface area contributed by atoms with Gasteiger partial charge in [0.05, 0.1) is 13.7 Å². The van der Waals surface area contributed by atoms with E-state index in [4.69, 9.17) is 4.74 Å². The molecule has 1 amide bonds. The van der Waals surface area contributed by atoms with E-state index in [1.165, 1.54) is 6.42 Å². The predicted molar refractivity (Wildman–Crippen MR) is 86.1 cm³/mol. The average molecular weight is 314 g/mol. The highest BCUT2D eigenvalue weighted by Crippen LogP contribution is 2.19. The van der Waals surface area contributed by atoms with Crippen molar-refractivity contribution in [1.82, 2.24) is 20.1 Å². The minimum Gasteiger partial charge on any atom is -0.496 e.